The lowest BCUT2D eigenvalue weighted by molar-refractivity contribution is 0.0609. The molecule has 0 spiro atoms. The Bertz CT molecular complexity index is 482. The number of halogens is 1. The summed E-state index contributed by atoms with van der Waals surface area (Å²) in [5, 5.41) is 9.18. The van der Waals surface area contributed by atoms with Crippen LogP contribution in [-0.4, -0.2) is 27.4 Å². The lowest BCUT2D eigenvalue weighted by Crippen LogP contribution is -2.48. The van der Waals surface area contributed by atoms with Crippen molar-refractivity contribution in [1.29, 1.82) is 5.26 Å². The van der Waals surface area contributed by atoms with Gasteiger partial charge in [-0.25, -0.2) is 0 Å². The van der Waals surface area contributed by atoms with Gasteiger partial charge in [-0.05, 0) is 48.7 Å². The van der Waals surface area contributed by atoms with Crippen molar-refractivity contribution in [3.05, 3.63) is 22.4 Å². The zero-order chi connectivity index (χ0) is 12.6. The van der Waals surface area contributed by atoms with Gasteiger partial charge < -0.3 is 9.88 Å². The summed E-state index contributed by atoms with van der Waals surface area (Å²) in [4.78, 5) is 17.0. The van der Waals surface area contributed by atoms with E-state index in [1.165, 1.54) is 0 Å². The van der Waals surface area contributed by atoms with Crippen LogP contribution >= 0.6 is 15.9 Å². The molecule has 90 valence electrons. The fourth-order valence-corrected chi connectivity index (χ4v) is 2.23. The molecule has 1 heterocycles. The highest BCUT2D eigenvalue weighted by molar-refractivity contribution is 9.10. The van der Waals surface area contributed by atoms with Gasteiger partial charge in [-0.15, -0.1) is 0 Å². The average Bonchev–Trinajstić information content (AvgIpc) is 2.99. The first kappa shape index (κ1) is 12.2. The Balaban J connectivity index is 2.29. The number of hydrogen-bond acceptors (Lipinski definition) is 2. The minimum Gasteiger partial charge on any atom is -0.356 e. The smallest absolute Gasteiger partial charge is 0.271 e. The highest BCUT2D eigenvalue weighted by atomic mass is 79.9. The van der Waals surface area contributed by atoms with Crippen LogP contribution in [0.25, 0.3) is 0 Å². The van der Waals surface area contributed by atoms with E-state index in [1.54, 1.807) is 31.0 Å². The van der Waals surface area contributed by atoms with Crippen molar-refractivity contribution in [2.45, 2.75) is 38.3 Å². The third-order valence-electron chi connectivity index (χ3n) is 2.88. The van der Waals surface area contributed by atoms with Crippen LogP contribution in [0.5, 0.6) is 0 Å². The SMILES string of the molecule is CC(C)(C#N)N(C(=O)c1cc(Br)c[nH]1)C1CC1. The normalized spacial score (nSPS) is 15.4. The third kappa shape index (κ3) is 2.37. The predicted molar refractivity (Wildman–Crippen MR) is 67.4 cm³/mol. The molecule has 1 aromatic heterocycles. The summed E-state index contributed by atoms with van der Waals surface area (Å²) in [6.07, 6.45) is 3.69. The largest absolute Gasteiger partial charge is 0.356 e. The lowest BCUT2D eigenvalue weighted by Gasteiger charge is -2.33. The van der Waals surface area contributed by atoms with E-state index in [0.29, 0.717) is 5.69 Å². The van der Waals surface area contributed by atoms with Gasteiger partial charge in [0.2, 0.25) is 0 Å². The van der Waals surface area contributed by atoms with E-state index in [2.05, 4.69) is 27.0 Å². The molecule has 1 aromatic rings. The maximum atomic E-state index is 12.4. The maximum absolute atomic E-state index is 12.4. The van der Waals surface area contributed by atoms with Gasteiger partial charge in [0, 0.05) is 16.7 Å². The van der Waals surface area contributed by atoms with Crippen molar-refractivity contribution >= 4 is 21.8 Å². The second-order valence-electron chi connectivity index (χ2n) is 4.81. The highest BCUT2D eigenvalue weighted by Crippen LogP contribution is 2.34. The summed E-state index contributed by atoms with van der Waals surface area (Å²) in [6, 6.07) is 4.15. The summed E-state index contributed by atoms with van der Waals surface area (Å²) in [5.41, 5.74) is -0.248. The molecule has 1 aliphatic rings. The van der Waals surface area contributed by atoms with Crippen molar-refractivity contribution in [3.8, 4) is 6.07 Å². The first-order valence-electron chi connectivity index (χ1n) is 5.54. The van der Waals surface area contributed by atoms with E-state index < -0.39 is 5.54 Å². The van der Waals surface area contributed by atoms with Gasteiger partial charge in [-0.3, -0.25) is 4.79 Å². The van der Waals surface area contributed by atoms with E-state index in [1.807, 2.05) is 0 Å². The van der Waals surface area contributed by atoms with Gasteiger partial charge in [0.15, 0.2) is 0 Å². The van der Waals surface area contributed by atoms with Crippen molar-refractivity contribution < 1.29 is 4.79 Å². The van der Waals surface area contributed by atoms with Crippen LogP contribution in [0.3, 0.4) is 0 Å². The first-order chi connectivity index (χ1) is 7.95. The molecule has 0 aromatic carbocycles. The number of carbonyl (C=O) groups excluding carboxylic acids is 1. The predicted octanol–water partition coefficient (Wildman–Crippen LogP) is 2.68. The Labute approximate surface area is 109 Å². The molecule has 0 bridgehead atoms. The molecule has 0 atom stereocenters. The Hall–Kier alpha value is -1.28. The van der Waals surface area contributed by atoms with Crippen molar-refractivity contribution in [3.63, 3.8) is 0 Å². The molecule has 1 saturated carbocycles. The molecule has 0 aliphatic heterocycles. The molecule has 0 radical (unpaired) electrons. The zero-order valence-electron chi connectivity index (χ0n) is 9.83. The van der Waals surface area contributed by atoms with Crippen molar-refractivity contribution in [1.82, 2.24) is 9.88 Å². The number of carbonyl (C=O) groups is 1. The number of rotatable bonds is 3. The van der Waals surface area contributed by atoms with E-state index in [9.17, 15) is 10.1 Å². The van der Waals surface area contributed by atoms with E-state index in [4.69, 9.17) is 0 Å². The minimum absolute atomic E-state index is 0.107. The fraction of sp³-hybridized carbons (Fsp3) is 0.500. The van der Waals surface area contributed by atoms with Crippen LogP contribution in [0.2, 0.25) is 0 Å². The van der Waals surface area contributed by atoms with Gasteiger partial charge in [-0.1, -0.05) is 0 Å². The number of amides is 1. The summed E-state index contributed by atoms with van der Waals surface area (Å²) >= 11 is 3.30. The van der Waals surface area contributed by atoms with E-state index >= 15 is 0 Å². The molecule has 1 fully saturated rings. The average molecular weight is 296 g/mol. The molecular weight excluding hydrogens is 282 g/mol. The van der Waals surface area contributed by atoms with Gasteiger partial charge in [-0.2, -0.15) is 5.26 Å². The molecule has 5 heteroatoms. The molecule has 4 nitrogen and oxygen atoms in total. The number of hydrogen-bond donors (Lipinski definition) is 1. The summed E-state index contributed by atoms with van der Waals surface area (Å²) in [5.74, 6) is -0.107. The van der Waals surface area contributed by atoms with Crippen LogP contribution in [0.4, 0.5) is 0 Å². The summed E-state index contributed by atoms with van der Waals surface area (Å²) in [6.45, 7) is 3.56. The van der Waals surface area contributed by atoms with Gasteiger partial charge in [0.05, 0.1) is 6.07 Å². The standard InChI is InChI=1S/C12H14BrN3O/c1-12(2,7-14)16(9-3-4-9)11(17)10-5-8(13)6-15-10/h5-6,9,15H,3-4H2,1-2H3. The van der Waals surface area contributed by atoms with Crippen molar-refractivity contribution in [2.24, 2.45) is 0 Å². The summed E-state index contributed by atoms with van der Waals surface area (Å²) < 4.78 is 0.839. The first-order valence-corrected chi connectivity index (χ1v) is 6.34. The minimum atomic E-state index is -0.768. The molecule has 17 heavy (non-hydrogen) atoms. The number of aromatic amines is 1. The van der Waals surface area contributed by atoms with Gasteiger partial charge in [0.25, 0.3) is 5.91 Å². The topological polar surface area (TPSA) is 59.9 Å². The van der Waals surface area contributed by atoms with Crippen LogP contribution in [0.1, 0.15) is 37.2 Å². The molecule has 2 rings (SSSR count). The molecule has 1 N–H and O–H groups in total. The van der Waals surface area contributed by atoms with E-state index in [-0.39, 0.29) is 11.9 Å². The zero-order valence-corrected chi connectivity index (χ0v) is 11.4. The van der Waals surface area contributed by atoms with Crippen LogP contribution in [0, 0.1) is 11.3 Å². The maximum Gasteiger partial charge on any atom is 0.271 e. The monoisotopic (exact) mass is 295 g/mol. The van der Waals surface area contributed by atoms with Crippen LogP contribution < -0.4 is 0 Å². The molecular formula is C12H14BrN3O. The Morgan fingerprint density at radius 3 is 2.71 bits per heavy atom. The lowest BCUT2D eigenvalue weighted by atomic mass is 10.0. The molecule has 0 saturated heterocycles. The Morgan fingerprint density at radius 1 is 1.65 bits per heavy atom. The quantitative estimate of drug-likeness (QED) is 0.932. The fourth-order valence-electron chi connectivity index (χ4n) is 1.88. The Morgan fingerprint density at radius 2 is 2.29 bits per heavy atom. The van der Waals surface area contributed by atoms with Crippen LogP contribution in [-0.2, 0) is 0 Å². The summed E-state index contributed by atoms with van der Waals surface area (Å²) in [7, 11) is 0. The molecule has 0 unspecified atom stereocenters. The second-order valence-corrected chi connectivity index (χ2v) is 5.72. The number of nitrogens with one attached hydrogen (secondary N) is 1. The number of aromatic nitrogens is 1. The number of H-pyrrole nitrogens is 1. The Kier molecular flexibility index (Phi) is 3.00. The van der Waals surface area contributed by atoms with Crippen LogP contribution in [0.15, 0.2) is 16.7 Å². The van der Waals surface area contributed by atoms with Crippen molar-refractivity contribution in [2.75, 3.05) is 0 Å². The highest BCUT2D eigenvalue weighted by Gasteiger charge is 2.42. The second kappa shape index (κ2) is 4.19. The molecule has 1 amide bonds. The van der Waals surface area contributed by atoms with Gasteiger partial charge in [0.1, 0.15) is 11.2 Å². The van der Waals surface area contributed by atoms with E-state index in [0.717, 1.165) is 17.3 Å². The van der Waals surface area contributed by atoms with Gasteiger partial charge >= 0.3 is 0 Å². The number of nitrogens with zero attached hydrogens (tertiary/aromatic N) is 2. The number of nitriles is 1. The molecule has 1 aliphatic carbocycles. The third-order valence-corrected chi connectivity index (χ3v) is 3.34.